The van der Waals surface area contributed by atoms with Gasteiger partial charge in [-0.25, -0.2) is 4.79 Å². The quantitative estimate of drug-likeness (QED) is 0.434. The van der Waals surface area contributed by atoms with E-state index < -0.39 is 37.3 Å². The van der Waals surface area contributed by atoms with Gasteiger partial charge in [-0.15, -0.1) is 0 Å². The summed E-state index contributed by atoms with van der Waals surface area (Å²) in [4.78, 5) is 24.7. The van der Waals surface area contributed by atoms with E-state index in [0.29, 0.717) is 5.56 Å². The van der Waals surface area contributed by atoms with Crippen molar-refractivity contribution in [3.63, 3.8) is 0 Å². The lowest BCUT2D eigenvalue weighted by Crippen LogP contribution is -2.43. The van der Waals surface area contributed by atoms with E-state index in [9.17, 15) is 27.3 Å². The number of nitrogens with one attached hydrogen (secondary N) is 1. The van der Waals surface area contributed by atoms with Gasteiger partial charge in [0, 0.05) is 26.2 Å². The lowest BCUT2D eigenvalue weighted by molar-refractivity contribution is -0.142. The van der Waals surface area contributed by atoms with Crippen molar-refractivity contribution in [2.45, 2.75) is 24.8 Å². The Bertz CT molecular complexity index is 986. The molecule has 0 saturated heterocycles. The van der Waals surface area contributed by atoms with Crippen molar-refractivity contribution in [2.75, 3.05) is 21.3 Å². The third-order valence-electron chi connectivity index (χ3n) is 4.63. The Morgan fingerprint density at radius 1 is 1.00 bits per heavy atom. The maximum absolute atomic E-state index is 12.9. The van der Waals surface area contributed by atoms with Crippen LogP contribution in [0.5, 0.6) is 0 Å². The van der Waals surface area contributed by atoms with Crippen LogP contribution in [-0.4, -0.2) is 39.2 Å². The zero-order valence-electron chi connectivity index (χ0n) is 17.6. The Labute approximate surface area is 183 Å². The highest BCUT2D eigenvalue weighted by Gasteiger charge is 2.31. The highest BCUT2D eigenvalue weighted by atomic mass is 31.2. The van der Waals surface area contributed by atoms with Crippen molar-refractivity contribution in [3.8, 4) is 0 Å². The molecule has 0 fully saturated rings. The Kier molecular flexibility index (Phi) is 8.60. The highest BCUT2D eigenvalue weighted by molar-refractivity contribution is 7.52. The van der Waals surface area contributed by atoms with Gasteiger partial charge in [0.1, 0.15) is 6.04 Å². The van der Waals surface area contributed by atoms with Gasteiger partial charge in [-0.2, -0.15) is 13.2 Å². The first-order valence-corrected chi connectivity index (χ1v) is 11.1. The molecule has 2 aromatic rings. The number of benzene rings is 2. The van der Waals surface area contributed by atoms with Gasteiger partial charge in [0.2, 0.25) is 0 Å². The van der Waals surface area contributed by atoms with Gasteiger partial charge in [-0.3, -0.25) is 9.36 Å². The first-order valence-electron chi connectivity index (χ1n) is 9.35. The number of carbonyl (C=O) groups is 2. The number of esters is 1. The van der Waals surface area contributed by atoms with Crippen molar-refractivity contribution in [1.29, 1.82) is 0 Å². The molecule has 0 saturated carbocycles. The SMILES string of the molecule is COC(=O)[C@H](Cc1cccc(C(F)(F)F)c1)NC(=O)c1ccc(CP(=O)(OC)OC)cc1. The molecule has 32 heavy (non-hydrogen) atoms. The molecule has 1 N–H and O–H groups in total. The van der Waals surface area contributed by atoms with Crippen LogP contribution in [0.1, 0.15) is 27.0 Å². The maximum Gasteiger partial charge on any atom is 0.416 e. The summed E-state index contributed by atoms with van der Waals surface area (Å²) < 4.78 is 65.5. The number of ether oxygens (including phenoxy) is 1. The van der Waals surface area contributed by atoms with Crippen molar-refractivity contribution in [3.05, 3.63) is 70.8 Å². The van der Waals surface area contributed by atoms with Gasteiger partial charge in [0.15, 0.2) is 0 Å². The van der Waals surface area contributed by atoms with E-state index in [2.05, 4.69) is 10.1 Å². The standard InChI is InChI=1S/C21H23F3NO6P/c1-29-20(27)18(12-15-5-4-6-17(11-15)21(22,23)24)25-19(26)16-9-7-14(8-10-16)13-32(28,30-2)31-3/h4-11,18H,12-13H2,1-3H3,(H,25,26)/t18-/m0/s1. The van der Waals surface area contributed by atoms with Gasteiger partial charge in [0.25, 0.3) is 5.91 Å². The van der Waals surface area contributed by atoms with Crippen LogP contribution >= 0.6 is 7.60 Å². The zero-order chi connectivity index (χ0) is 23.9. The third-order valence-corrected chi connectivity index (χ3v) is 6.50. The maximum atomic E-state index is 12.9. The van der Waals surface area contributed by atoms with E-state index in [-0.39, 0.29) is 23.7 Å². The normalized spacial score (nSPS) is 12.8. The van der Waals surface area contributed by atoms with Gasteiger partial charge >= 0.3 is 19.7 Å². The van der Waals surface area contributed by atoms with Crippen LogP contribution in [-0.2, 0) is 41.9 Å². The van der Waals surface area contributed by atoms with Crippen LogP contribution in [0, 0.1) is 0 Å². The second-order valence-corrected chi connectivity index (χ2v) is 9.05. The summed E-state index contributed by atoms with van der Waals surface area (Å²) >= 11 is 0. The molecule has 0 aliphatic carbocycles. The van der Waals surface area contributed by atoms with E-state index in [0.717, 1.165) is 19.2 Å². The molecular formula is C21H23F3NO6P. The summed E-state index contributed by atoms with van der Waals surface area (Å²) in [5.41, 5.74) is 0.143. The van der Waals surface area contributed by atoms with Crippen LogP contribution in [0.3, 0.4) is 0 Å². The van der Waals surface area contributed by atoms with E-state index in [1.165, 1.54) is 38.5 Å². The molecule has 0 heterocycles. The molecule has 0 radical (unpaired) electrons. The van der Waals surface area contributed by atoms with Crippen LogP contribution in [0.2, 0.25) is 0 Å². The number of hydrogen-bond donors (Lipinski definition) is 1. The van der Waals surface area contributed by atoms with Gasteiger partial charge in [0.05, 0.1) is 18.8 Å². The Balaban J connectivity index is 2.15. The molecule has 0 unspecified atom stereocenters. The number of rotatable bonds is 9. The number of amides is 1. The summed E-state index contributed by atoms with van der Waals surface area (Å²) in [6.45, 7) is 0. The molecule has 174 valence electrons. The molecule has 0 spiro atoms. The van der Waals surface area contributed by atoms with Crippen LogP contribution in [0.15, 0.2) is 48.5 Å². The van der Waals surface area contributed by atoms with Gasteiger partial charge < -0.3 is 19.1 Å². The van der Waals surface area contributed by atoms with E-state index in [1.54, 1.807) is 12.1 Å². The molecule has 0 bridgehead atoms. The van der Waals surface area contributed by atoms with Crippen LogP contribution in [0.25, 0.3) is 0 Å². The summed E-state index contributed by atoms with van der Waals surface area (Å²) in [6, 6.07) is 9.32. The number of carbonyl (C=O) groups excluding carboxylic acids is 2. The highest BCUT2D eigenvalue weighted by Crippen LogP contribution is 2.49. The predicted molar refractivity (Wildman–Crippen MR) is 110 cm³/mol. The average molecular weight is 473 g/mol. The zero-order valence-corrected chi connectivity index (χ0v) is 18.5. The van der Waals surface area contributed by atoms with Crippen LogP contribution in [0.4, 0.5) is 13.2 Å². The summed E-state index contributed by atoms with van der Waals surface area (Å²) in [5.74, 6) is -1.42. The lowest BCUT2D eigenvalue weighted by atomic mass is 10.0. The summed E-state index contributed by atoms with van der Waals surface area (Å²) in [7, 11) is 0.373. The van der Waals surface area contributed by atoms with Crippen LogP contribution < -0.4 is 5.32 Å². The van der Waals surface area contributed by atoms with Gasteiger partial charge in [-0.1, -0.05) is 30.3 Å². The summed E-state index contributed by atoms with van der Waals surface area (Å²) in [5, 5.41) is 2.48. The molecule has 0 aliphatic rings. The first kappa shape index (κ1) is 25.6. The van der Waals surface area contributed by atoms with Crippen molar-refractivity contribution in [2.24, 2.45) is 0 Å². The Hall–Kier alpha value is -2.68. The minimum atomic E-state index is -4.53. The lowest BCUT2D eigenvalue weighted by Gasteiger charge is -2.18. The van der Waals surface area contributed by atoms with Crippen molar-refractivity contribution >= 4 is 19.5 Å². The van der Waals surface area contributed by atoms with Crippen molar-refractivity contribution in [1.82, 2.24) is 5.32 Å². The Morgan fingerprint density at radius 2 is 1.62 bits per heavy atom. The second kappa shape index (κ2) is 10.8. The molecule has 1 amide bonds. The second-order valence-electron chi connectivity index (χ2n) is 6.78. The molecule has 0 aromatic heterocycles. The number of alkyl halides is 3. The fraction of sp³-hybridized carbons (Fsp3) is 0.333. The molecular weight excluding hydrogens is 450 g/mol. The monoisotopic (exact) mass is 473 g/mol. The topological polar surface area (TPSA) is 90.9 Å². The number of methoxy groups -OCH3 is 1. The predicted octanol–water partition coefficient (Wildman–Crippen LogP) is 4.21. The van der Waals surface area contributed by atoms with Crippen molar-refractivity contribution < 1.29 is 41.1 Å². The molecule has 0 aliphatic heterocycles. The molecule has 2 aromatic carbocycles. The minimum Gasteiger partial charge on any atom is -0.467 e. The fourth-order valence-electron chi connectivity index (χ4n) is 2.88. The third kappa shape index (κ3) is 6.91. The smallest absolute Gasteiger partial charge is 0.416 e. The number of halogens is 3. The van der Waals surface area contributed by atoms with Gasteiger partial charge in [-0.05, 0) is 29.3 Å². The summed E-state index contributed by atoms with van der Waals surface area (Å²) in [6.07, 6.45) is -4.72. The van der Waals surface area contributed by atoms with E-state index in [4.69, 9.17) is 9.05 Å². The number of hydrogen-bond acceptors (Lipinski definition) is 6. The van der Waals surface area contributed by atoms with E-state index >= 15 is 0 Å². The first-order chi connectivity index (χ1) is 15.0. The minimum absolute atomic E-state index is 0.00221. The average Bonchev–Trinajstić information content (AvgIpc) is 2.78. The Morgan fingerprint density at radius 3 is 2.16 bits per heavy atom. The molecule has 11 heteroatoms. The molecule has 1 atom stereocenters. The fourth-order valence-corrected chi connectivity index (χ4v) is 3.94. The largest absolute Gasteiger partial charge is 0.467 e. The molecule has 2 rings (SSSR count). The van der Waals surface area contributed by atoms with E-state index in [1.807, 2.05) is 0 Å². The molecule has 7 nitrogen and oxygen atoms in total.